The van der Waals surface area contributed by atoms with Crippen LogP contribution in [0.5, 0.6) is 0 Å². The number of hydrogen-bond acceptors (Lipinski definition) is 5. The summed E-state index contributed by atoms with van der Waals surface area (Å²) in [5.74, 6) is 1.86. The standard InChI is InChI=1S/C47H29N5/c1-4-12-39-34(9-1)27-42(41-14-6-5-13-40(39)41)47-51-45(32-21-17-30(18-22-32)37-25-35-10-2-7-15-43(35)48-28-37)50-46(52-47)33-23-19-31(20-24-33)38-26-36-11-3-8-16-44(36)49-29-38/h1-29H. The Bertz CT molecular complexity index is 2810. The molecule has 0 saturated heterocycles. The quantitative estimate of drug-likeness (QED) is 0.171. The molecule has 0 radical (unpaired) electrons. The third-order valence-electron chi connectivity index (χ3n) is 9.78. The van der Waals surface area contributed by atoms with Crippen LogP contribution in [-0.2, 0) is 0 Å². The van der Waals surface area contributed by atoms with Crippen molar-refractivity contribution in [2.24, 2.45) is 0 Å². The van der Waals surface area contributed by atoms with E-state index in [4.69, 9.17) is 15.0 Å². The van der Waals surface area contributed by atoms with Crippen LogP contribution < -0.4 is 0 Å². The number of para-hydroxylation sites is 2. The molecular formula is C47H29N5. The zero-order valence-electron chi connectivity index (χ0n) is 28.0. The summed E-state index contributed by atoms with van der Waals surface area (Å²) in [6.45, 7) is 0. The minimum Gasteiger partial charge on any atom is -0.256 e. The zero-order valence-corrected chi connectivity index (χ0v) is 28.0. The van der Waals surface area contributed by atoms with Crippen LogP contribution in [0.4, 0.5) is 0 Å². The molecule has 3 heterocycles. The summed E-state index contributed by atoms with van der Waals surface area (Å²) < 4.78 is 0. The highest BCUT2D eigenvalue weighted by molar-refractivity contribution is 6.13. The van der Waals surface area contributed by atoms with E-state index in [1.54, 1.807) is 0 Å². The summed E-state index contributed by atoms with van der Waals surface area (Å²) in [4.78, 5) is 24.7. The number of benzene rings is 7. The smallest absolute Gasteiger partial charge is 0.164 e. The van der Waals surface area contributed by atoms with Gasteiger partial charge in [-0.15, -0.1) is 0 Å². The van der Waals surface area contributed by atoms with Crippen molar-refractivity contribution in [2.45, 2.75) is 0 Å². The second-order valence-corrected chi connectivity index (χ2v) is 13.0. The van der Waals surface area contributed by atoms with E-state index >= 15 is 0 Å². The van der Waals surface area contributed by atoms with Crippen LogP contribution in [0.25, 0.3) is 99.8 Å². The van der Waals surface area contributed by atoms with E-state index in [-0.39, 0.29) is 0 Å². The molecule has 0 spiro atoms. The monoisotopic (exact) mass is 663 g/mol. The van der Waals surface area contributed by atoms with Crippen molar-refractivity contribution in [1.29, 1.82) is 0 Å². The summed E-state index contributed by atoms with van der Waals surface area (Å²) in [6, 6.07) is 56.7. The van der Waals surface area contributed by atoms with Crippen LogP contribution in [0.2, 0.25) is 0 Å². The number of hydrogen-bond donors (Lipinski definition) is 0. The van der Waals surface area contributed by atoms with Gasteiger partial charge in [0.15, 0.2) is 17.5 Å². The zero-order chi connectivity index (χ0) is 34.4. The third-order valence-corrected chi connectivity index (χ3v) is 9.78. The number of fused-ring (bicyclic) bond motifs is 5. The Morgan fingerprint density at radius 1 is 0.288 bits per heavy atom. The van der Waals surface area contributed by atoms with E-state index in [0.29, 0.717) is 17.5 Å². The lowest BCUT2D eigenvalue weighted by Crippen LogP contribution is -2.01. The molecule has 5 nitrogen and oxygen atoms in total. The lowest BCUT2D eigenvalue weighted by Gasteiger charge is -2.13. The fourth-order valence-electron chi connectivity index (χ4n) is 7.08. The maximum absolute atomic E-state index is 5.15. The van der Waals surface area contributed by atoms with Crippen LogP contribution in [0.1, 0.15) is 0 Å². The van der Waals surface area contributed by atoms with Crippen molar-refractivity contribution in [3.8, 4) is 56.4 Å². The van der Waals surface area contributed by atoms with Crippen LogP contribution in [0.3, 0.4) is 0 Å². The molecule has 0 amide bonds. The molecule has 52 heavy (non-hydrogen) atoms. The summed E-state index contributed by atoms with van der Waals surface area (Å²) >= 11 is 0. The Hall–Kier alpha value is -7.11. The third kappa shape index (κ3) is 5.32. The van der Waals surface area contributed by atoms with Crippen molar-refractivity contribution >= 4 is 43.4 Å². The topological polar surface area (TPSA) is 64.5 Å². The predicted octanol–water partition coefficient (Wildman–Crippen LogP) is 11.6. The van der Waals surface area contributed by atoms with E-state index in [0.717, 1.165) is 71.5 Å². The molecule has 0 bridgehead atoms. The number of nitrogens with zero attached hydrogens (tertiary/aromatic N) is 5. The van der Waals surface area contributed by atoms with Gasteiger partial charge in [-0.2, -0.15) is 0 Å². The molecule has 7 aromatic carbocycles. The van der Waals surface area contributed by atoms with Crippen molar-refractivity contribution in [3.63, 3.8) is 0 Å². The van der Waals surface area contributed by atoms with Gasteiger partial charge in [0.1, 0.15) is 0 Å². The second-order valence-electron chi connectivity index (χ2n) is 13.0. The van der Waals surface area contributed by atoms with Crippen molar-refractivity contribution in [3.05, 3.63) is 176 Å². The first-order chi connectivity index (χ1) is 25.7. The number of rotatable bonds is 5. The molecule has 242 valence electrons. The molecule has 0 unspecified atom stereocenters. The molecule has 0 N–H and O–H groups in total. The van der Waals surface area contributed by atoms with Gasteiger partial charge in [0.2, 0.25) is 0 Å². The average molecular weight is 664 g/mol. The van der Waals surface area contributed by atoms with Gasteiger partial charge in [-0.3, -0.25) is 9.97 Å². The van der Waals surface area contributed by atoms with E-state index in [2.05, 4.69) is 137 Å². The number of aromatic nitrogens is 5. The highest BCUT2D eigenvalue weighted by Gasteiger charge is 2.16. The van der Waals surface area contributed by atoms with Gasteiger partial charge in [-0.25, -0.2) is 15.0 Å². The largest absolute Gasteiger partial charge is 0.256 e. The normalized spacial score (nSPS) is 11.5. The van der Waals surface area contributed by atoms with Gasteiger partial charge in [0.05, 0.1) is 11.0 Å². The van der Waals surface area contributed by atoms with E-state index in [1.165, 1.54) is 10.8 Å². The molecule has 0 saturated carbocycles. The predicted molar refractivity (Wildman–Crippen MR) is 213 cm³/mol. The average Bonchev–Trinajstić information content (AvgIpc) is 3.23. The van der Waals surface area contributed by atoms with Gasteiger partial charge in [-0.05, 0) is 63.0 Å². The van der Waals surface area contributed by atoms with Crippen molar-refractivity contribution < 1.29 is 0 Å². The first-order valence-electron chi connectivity index (χ1n) is 17.3. The first-order valence-corrected chi connectivity index (χ1v) is 17.3. The Balaban J connectivity index is 1.10. The fraction of sp³-hybridized carbons (Fsp3) is 0. The van der Waals surface area contributed by atoms with E-state index in [1.807, 2.05) is 48.8 Å². The van der Waals surface area contributed by atoms with Crippen LogP contribution in [-0.4, -0.2) is 24.9 Å². The lowest BCUT2D eigenvalue weighted by molar-refractivity contribution is 1.08. The summed E-state index contributed by atoms with van der Waals surface area (Å²) in [6.07, 6.45) is 3.86. The van der Waals surface area contributed by atoms with Crippen LogP contribution in [0.15, 0.2) is 176 Å². The van der Waals surface area contributed by atoms with Crippen LogP contribution in [0, 0.1) is 0 Å². The second kappa shape index (κ2) is 12.3. The maximum atomic E-state index is 5.15. The maximum Gasteiger partial charge on any atom is 0.164 e. The van der Waals surface area contributed by atoms with Crippen LogP contribution >= 0.6 is 0 Å². The SMILES string of the molecule is c1ccc2ncc(-c3ccc(-c4nc(-c5ccc(-c6cnc7ccccc7c6)cc5)nc(-c5cc6ccccc6c6ccccc56)n4)cc3)cc2c1. The highest BCUT2D eigenvalue weighted by Crippen LogP contribution is 2.36. The van der Waals surface area contributed by atoms with Crippen molar-refractivity contribution in [2.75, 3.05) is 0 Å². The molecule has 10 aromatic rings. The molecule has 10 rings (SSSR count). The molecule has 3 aromatic heterocycles. The molecule has 0 aliphatic rings. The van der Waals surface area contributed by atoms with E-state index < -0.39 is 0 Å². The molecule has 0 atom stereocenters. The van der Waals surface area contributed by atoms with Gasteiger partial charge >= 0.3 is 0 Å². The van der Waals surface area contributed by atoms with Gasteiger partial charge in [0, 0.05) is 51.0 Å². The van der Waals surface area contributed by atoms with E-state index in [9.17, 15) is 0 Å². The number of pyridine rings is 2. The van der Waals surface area contributed by atoms with Gasteiger partial charge in [-0.1, -0.05) is 133 Å². The fourth-order valence-corrected chi connectivity index (χ4v) is 7.08. The summed E-state index contributed by atoms with van der Waals surface area (Å²) in [7, 11) is 0. The Labute approximate surface area is 300 Å². The van der Waals surface area contributed by atoms with Crippen molar-refractivity contribution in [1.82, 2.24) is 24.9 Å². The molecule has 5 heteroatoms. The minimum absolute atomic E-state index is 0.614. The summed E-state index contributed by atoms with van der Waals surface area (Å²) in [5.41, 5.74) is 9.03. The van der Waals surface area contributed by atoms with Gasteiger partial charge < -0.3 is 0 Å². The van der Waals surface area contributed by atoms with Gasteiger partial charge in [0.25, 0.3) is 0 Å². The minimum atomic E-state index is 0.614. The Morgan fingerprint density at radius 3 is 1.27 bits per heavy atom. The Kier molecular flexibility index (Phi) is 7.07. The highest BCUT2D eigenvalue weighted by atomic mass is 15.0. The molecular weight excluding hydrogens is 635 g/mol. The first kappa shape index (κ1) is 29.8. The Morgan fingerprint density at radius 2 is 0.712 bits per heavy atom. The lowest BCUT2D eigenvalue weighted by atomic mass is 9.96. The molecule has 0 aliphatic heterocycles. The summed E-state index contributed by atoms with van der Waals surface area (Å²) in [5, 5.41) is 6.83. The molecule has 0 aliphatic carbocycles. The molecule has 0 fully saturated rings.